The van der Waals surface area contributed by atoms with E-state index in [1.165, 1.54) is 0 Å². The second-order valence-corrected chi connectivity index (χ2v) is 8.42. The summed E-state index contributed by atoms with van der Waals surface area (Å²) in [6, 6.07) is 0.233. The van der Waals surface area contributed by atoms with Crippen molar-refractivity contribution < 1.29 is 9.90 Å². The zero-order chi connectivity index (χ0) is 16.4. The van der Waals surface area contributed by atoms with E-state index in [0.717, 1.165) is 44.3 Å². The van der Waals surface area contributed by atoms with Crippen molar-refractivity contribution in [1.29, 1.82) is 0 Å². The minimum absolute atomic E-state index is 0.105. The average molecular weight is 338 g/mol. The minimum Gasteiger partial charge on any atom is -0.384 e. The average Bonchev–Trinajstić information content (AvgIpc) is 3.19. The number of rotatable bonds is 4. The Morgan fingerprint density at radius 3 is 2.78 bits per heavy atom. The van der Waals surface area contributed by atoms with Gasteiger partial charge in [-0.15, -0.1) is 16.9 Å². The highest BCUT2D eigenvalue weighted by Gasteiger charge is 2.33. The molecule has 7 heteroatoms. The smallest absolute Gasteiger partial charge is 0.233 e. The molecule has 1 aliphatic heterocycles. The summed E-state index contributed by atoms with van der Waals surface area (Å²) in [5.74, 6) is 1.26. The lowest BCUT2D eigenvalue weighted by molar-refractivity contribution is -0.121. The number of carbonyl (C=O) groups is 1. The normalized spacial score (nSPS) is 28.7. The van der Waals surface area contributed by atoms with Gasteiger partial charge in [-0.3, -0.25) is 4.79 Å². The molecule has 1 aromatic heterocycles. The highest BCUT2D eigenvalue weighted by molar-refractivity contribution is 8.00. The molecule has 128 valence electrons. The van der Waals surface area contributed by atoms with Gasteiger partial charge in [0.2, 0.25) is 5.91 Å². The van der Waals surface area contributed by atoms with E-state index in [0.29, 0.717) is 5.69 Å². The fourth-order valence-corrected chi connectivity index (χ4v) is 4.55. The molecule has 2 aliphatic rings. The van der Waals surface area contributed by atoms with Crippen molar-refractivity contribution in [2.45, 2.75) is 75.3 Å². The summed E-state index contributed by atoms with van der Waals surface area (Å²) in [6.45, 7) is 3.41. The fraction of sp³-hybridized carbons (Fsp3) is 0.812. The molecule has 23 heavy (non-hydrogen) atoms. The lowest BCUT2D eigenvalue weighted by atomic mass is 9.90. The largest absolute Gasteiger partial charge is 0.384 e. The van der Waals surface area contributed by atoms with Crippen molar-refractivity contribution in [3.63, 3.8) is 0 Å². The monoisotopic (exact) mass is 338 g/mol. The van der Waals surface area contributed by atoms with Crippen LogP contribution in [0.5, 0.6) is 0 Å². The molecule has 3 atom stereocenters. The number of aromatic nitrogens is 3. The van der Waals surface area contributed by atoms with Gasteiger partial charge in [0.1, 0.15) is 11.3 Å². The number of aliphatic hydroxyl groups is 1. The molecule has 0 bridgehead atoms. The number of carbonyl (C=O) groups excluding carboxylic acids is 1. The number of hydrogen-bond acceptors (Lipinski definition) is 5. The van der Waals surface area contributed by atoms with E-state index in [1.54, 1.807) is 25.6 Å². The fourth-order valence-electron chi connectivity index (χ4n) is 3.38. The summed E-state index contributed by atoms with van der Waals surface area (Å²) in [6.07, 6.45) is 8.16. The molecule has 2 heterocycles. The first-order chi connectivity index (χ1) is 10.9. The van der Waals surface area contributed by atoms with Crippen LogP contribution in [0.4, 0.5) is 0 Å². The van der Waals surface area contributed by atoms with Crippen LogP contribution in [0.25, 0.3) is 0 Å². The van der Waals surface area contributed by atoms with Gasteiger partial charge in [0.25, 0.3) is 0 Å². The zero-order valence-electron chi connectivity index (χ0n) is 13.9. The number of nitrogens with one attached hydrogen (secondary N) is 1. The van der Waals surface area contributed by atoms with Gasteiger partial charge in [-0.05, 0) is 45.3 Å². The number of hydrogen-bond donors (Lipinski definition) is 2. The van der Waals surface area contributed by atoms with Crippen molar-refractivity contribution in [2.75, 3.05) is 5.75 Å². The van der Waals surface area contributed by atoms with Crippen LogP contribution in [-0.2, 0) is 10.4 Å². The SMILES string of the molecule is CC(C)(O)c1cn([C@@H]2CCCC[C@@H]2NC(=O)C2CCCS2)nn1. The molecular formula is C16H26N4O2S. The van der Waals surface area contributed by atoms with Crippen LogP contribution >= 0.6 is 11.8 Å². The molecule has 0 radical (unpaired) electrons. The van der Waals surface area contributed by atoms with Crippen molar-refractivity contribution >= 4 is 17.7 Å². The van der Waals surface area contributed by atoms with Crippen LogP contribution in [0.1, 0.15) is 64.1 Å². The molecule has 1 aliphatic carbocycles. The zero-order valence-corrected chi connectivity index (χ0v) is 14.7. The van der Waals surface area contributed by atoms with E-state index in [-0.39, 0.29) is 23.2 Å². The maximum absolute atomic E-state index is 12.4. The van der Waals surface area contributed by atoms with Gasteiger partial charge in [0.05, 0.1) is 23.5 Å². The number of nitrogens with zero attached hydrogens (tertiary/aromatic N) is 3. The molecule has 6 nitrogen and oxygen atoms in total. The quantitative estimate of drug-likeness (QED) is 0.878. The molecule has 0 aromatic carbocycles. The first-order valence-corrected chi connectivity index (χ1v) is 9.56. The van der Waals surface area contributed by atoms with Gasteiger partial charge in [-0.25, -0.2) is 4.68 Å². The Bertz CT molecular complexity index is 549. The van der Waals surface area contributed by atoms with Crippen molar-refractivity contribution in [2.24, 2.45) is 0 Å². The van der Waals surface area contributed by atoms with Crippen LogP contribution in [-0.4, -0.2) is 43.1 Å². The van der Waals surface area contributed by atoms with Gasteiger partial charge in [-0.2, -0.15) is 0 Å². The van der Waals surface area contributed by atoms with Crippen LogP contribution in [0, 0.1) is 0 Å². The lowest BCUT2D eigenvalue weighted by Gasteiger charge is -2.32. The molecule has 1 amide bonds. The molecule has 2 N–H and O–H groups in total. The van der Waals surface area contributed by atoms with E-state index in [2.05, 4.69) is 15.6 Å². The second-order valence-electron chi connectivity index (χ2n) is 7.11. The predicted molar refractivity (Wildman–Crippen MR) is 90.2 cm³/mol. The summed E-state index contributed by atoms with van der Waals surface area (Å²) in [5.41, 5.74) is -0.425. The molecule has 2 fully saturated rings. The highest BCUT2D eigenvalue weighted by Crippen LogP contribution is 2.31. The van der Waals surface area contributed by atoms with E-state index < -0.39 is 5.60 Å². The number of amides is 1. The Kier molecular flexibility index (Phi) is 4.96. The van der Waals surface area contributed by atoms with E-state index in [4.69, 9.17) is 0 Å². The molecule has 1 aromatic rings. The van der Waals surface area contributed by atoms with Crippen LogP contribution in [0.2, 0.25) is 0 Å². The summed E-state index contributed by atoms with van der Waals surface area (Å²) in [5, 5.41) is 21.7. The Morgan fingerprint density at radius 2 is 2.13 bits per heavy atom. The van der Waals surface area contributed by atoms with E-state index >= 15 is 0 Å². The van der Waals surface area contributed by atoms with Gasteiger partial charge in [-0.1, -0.05) is 18.1 Å². The summed E-state index contributed by atoms with van der Waals surface area (Å²) < 4.78 is 1.83. The number of thioether (sulfide) groups is 1. The van der Waals surface area contributed by atoms with Gasteiger partial charge in [0, 0.05) is 0 Å². The predicted octanol–water partition coefficient (Wildman–Crippen LogP) is 2.00. The molecule has 0 spiro atoms. The minimum atomic E-state index is -0.994. The lowest BCUT2D eigenvalue weighted by Crippen LogP contribution is -2.46. The first kappa shape index (κ1) is 16.8. The van der Waals surface area contributed by atoms with Crippen LogP contribution < -0.4 is 5.32 Å². The summed E-state index contributed by atoms with van der Waals surface area (Å²) >= 11 is 1.76. The Labute approximate surface area is 141 Å². The van der Waals surface area contributed by atoms with Gasteiger partial charge in [0.15, 0.2) is 0 Å². The highest BCUT2D eigenvalue weighted by atomic mass is 32.2. The Balaban J connectivity index is 1.71. The molecule has 1 saturated heterocycles. The molecule has 3 rings (SSSR count). The Hall–Kier alpha value is -1.08. The van der Waals surface area contributed by atoms with Crippen LogP contribution in [0.15, 0.2) is 6.20 Å². The third-order valence-electron chi connectivity index (χ3n) is 4.76. The topological polar surface area (TPSA) is 80.0 Å². The van der Waals surface area contributed by atoms with Gasteiger partial charge >= 0.3 is 0 Å². The summed E-state index contributed by atoms with van der Waals surface area (Å²) in [7, 11) is 0. The van der Waals surface area contributed by atoms with Crippen molar-refractivity contribution in [3.05, 3.63) is 11.9 Å². The maximum Gasteiger partial charge on any atom is 0.233 e. The molecular weight excluding hydrogens is 312 g/mol. The molecule has 1 unspecified atom stereocenters. The Morgan fingerprint density at radius 1 is 1.35 bits per heavy atom. The third kappa shape index (κ3) is 3.88. The van der Waals surface area contributed by atoms with E-state index in [9.17, 15) is 9.90 Å². The first-order valence-electron chi connectivity index (χ1n) is 8.52. The third-order valence-corrected chi connectivity index (χ3v) is 6.13. The second kappa shape index (κ2) is 6.81. The van der Waals surface area contributed by atoms with Crippen molar-refractivity contribution in [3.8, 4) is 0 Å². The molecule has 1 saturated carbocycles. The maximum atomic E-state index is 12.4. The summed E-state index contributed by atoms with van der Waals surface area (Å²) in [4.78, 5) is 12.4. The van der Waals surface area contributed by atoms with E-state index in [1.807, 2.05) is 10.9 Å². The van der Waals surface area contributed by atoms with Gasteiger partial charge < -0.3 is 10.4 Å². The standard InChI is InChI=1S/C16H26N4O2S/c1-16(2,22)14-10-20(19-18-14)12-7-4-3-6-11(12)17-15(21)13-8-5-9-23-13/h10-13,22H,3-9H2,1-2H3,(H,17,21)/t11-,12+,13?/m0/s1. The van der Waals surface area contributed by atoms with Crippen molar-refractivity contribution in [1.82, 2.24) is 20.3 Å². The van der Waals surface area contributed by atoms with Crippen LogP contribution in [0.3, 0.4) is 0 Å².